The van der Waals surface area contributed by atoms with Crippen LogP contribution < -0.4 is 0 Å². The number of nitriles is 1. The van der Waals surface area contributed by atoms with Gasteiger partial charge >= 0.3 is 0 Å². The minimum atomic E-state index is -0.150. The van der Waals surface area contributed by atoms with Crippen molar-refractivity contribution < 1.29 is 4.74 Å². The van der Waals surface area contributed by atoms with Crippen molar-refractivity contribution in [2.75, 3.05) is 6.61 Å². The Morgan fingerprint density at radius 1 is 1.31 bits per heavy atom. The smallest absolute Gasteiger partial charge is 0.146 e. The predicted octanol–water partition coefficient (Wildman–Crippen LogP) is 2.89. The van der Waals surface area contributed by atoms with Crippen molar-refractivity contribution in [2.45, 2.75) is 51.6 Å². The van der Waals surface area contributed by atoms with Gasteiger partial charge < -0.3 is 4.74 Å². The number of hydrogen-bond acceptors (Lipinski definition) is 2. The van der Waals surface area contributed by atoms with Crippen molar-refractivity contribution in [3.63, 3.8) is 0 Å². The van der Waals surface area contributed by atoms with E-state index in [-0.39, 0.29) is 6.10 Å². The Labute approximate surface area is 80.9 Å². The highest BCUT2D eigenvalue weighted by Gasteiger charge is 2.22. The minimum absolute atomic E-state index is 0.150. The molecule has 0 amide bonds. The molecule has 1 aliphatic rings. The first-order chi connectivity index (χ1) is 6.38. The van der Waals surface area contributed by atoms with Crippen LogP contribution in [0.4, 0.5) is 0 Å². The third kappa shape index (κ3) is 3.36. The van der Waals surface area contributed by atoms with E-state index in [1.54, 1.807) is 0 Å². The fourth-order valence-electron chi connectivity index (χ4n) is 2.07. The average Bonchev–Trinajstić information content (AvgIpc) is 2.42. The SMILES string of the molecule is CCOC(C#N)C1CCCCCC1. The average molecular weight is 181 g/mol. The van der Waals surface area contributed by atoms with Crippen LogP contribution >= 0.6 is 0 Å². The minimum Gasteiger partial charge on any atom is -0.363 e. The Bertz CT molecular complexity index is 165. The van der Waals surface area contributed by atoms with Gasteiger partial charge in [-0.15, -0.1) is 0 Å². The van der Waals surface area contributed by atoms with E-state index in [0.29, 0.717) is 12.5 Å². The Morgan fingerprint density at radius 2 is 1.92 bits per heavy atom. The van der Waals surface area contributed by atoms with Crippen LogP contribution in [0.2, 0.25) is 0 Å². The first kappa shape index (κ1) is 10.5. The summed E-state index contributed by atoms with van der Waals surface area (Å²) in [6, 6.07) is 2.28. The summed E-state index contributed by atoms with van der Waals surface area (Å²) >= 11 is 0. The molecule has 0 saturated heterocycles. The second kappa shape index (κ2) is 5.99. The third-order valence-electron chi connectivity index (χ3n) is 2.80. The van der Waals surface area contributed by atoms with Crippen LogP contribution in [0.5, 0.6) is 0 Å². The summed E-state index contributed by atoms with van der Waals surface area (Å²) < 4.78 is 5.43. The second-order valence-electron chi connectivity index (χ2n) is 3.76. The van der Waals surface area contributed by atoms with Crippen LogP contribution in [0.3, 0.4) is 0 Å². The molecule has 0 radical (unpaired) electrons. The molecule has 1 aliphatic carbocycles. The highest BCUT2D eigenvalue weighted by Crippen LogP contribution is 2.26. The summed E-state index contributed by atoms with van der Waals surface area (Å²) in [5.41, 5.74) is 0. The molecule has 74 valence electrons. The zero-order valence-corrected chi connectivity index (χ0v) is 8.46. The van der Waals surface area contributed by atoms with Gasteiger partial charge in [-0.25, -0.2) is 0 Å². The maximum atomic E-state index is 8.93. The summed E-state index contributed by atoms with van der Waals surface area (Å²) in [7, 11) is 0. The molecule has 0 aromatic carbocycles. The normalized spacial score (nSPS) is 21.8. The summed E-state index contributed by atoms with van der Waals surface area (Å²) in [4.78, 5) is 0. The molecule has 0 aromatic heterocycles. The van der Waals surface area contributed by atoms with Gasteiger partial charge in [-0.3, -0.25) is 0 Å². The molecule has 0 heterocycles. The monoisotopic (exact) mass is 181 g/mol. The van der Waals surface area contributed by atoms with E-state index in [4.69, 9.17) is 10.00 Å². The predicted molar refractivity (Wildman–Crippen MR) is 52.2 cm³/mol. The molecule has 13 heavy (non-hydrogen) atoms. The second-order valence-corrected chi connectivity index (χ2v) is 3.76. The Kier molecular flexibility index (Phi) is 4.85. The molecule has 2 nitrogen and oxygen atoms in total. The van der Waals surface area contributed by atoms with Crippen LogP contribution in [0.1, 0.15) is 45.4 Å². The van der Waals surface area contributed by atoms with E-state index in [2.05, 4.69) is 6.07 Å². The molecule has 2 heteroatoms. The van der Waals surface area contributed by atoms with Gasteiger partial charge in [0.15, 0.2) is 0 Å². The molecule has 0 spiro atoms. The Morgan fingerprint density at radius 3 is 2.38 bits per heavy atom. The standard InChI is InChI=1S/C11H19NO/c1-2-13-11(9-12)10-7-5-3-4-6-8-10/h10-11H,2-8H2,1H3. The highest BCUT2D eigenvalue weighted by molar-refractivity contribution is 4.90. The van der Waals surface area contributed by atoms with Crippen molar-refractivity contribution in [1.29, 1.82) is 5.26 Å². The molecular weight excluding hydrogens is 162 g/mol. The number of ether oxygens (including phenoxy) is 1. The summed E-state index contributed by atoms with van der Waals surface area (Å²) in [5.74, 6) is 0.493. The molecule has 0 aromatic rings. The lowest BCUT2D eigenvalue weighted by Crippen LogP contribution is -2.22. The van der Waals surface area contributed by atoms with Crippen LogP contribution in [-0.4, -0.2) is 12.7 Å². The topological polar surface area (TPSA) is 33.0 Å². The first-order valence-electron chi connectivity index (χ1n) is 5.39. The quantitative estimate of drug-likeness (QED) is 0.627. The van der Waals surface area contributed by atoms with E-state index < -0.39 is 0 Å². The Hall–Kier alpha value is -0.550. The molecule has 1 fully saturated rings. The lowest BCUT2D eigenvalue weighted by Gasteiger charge is -2.19. The van der Waals surface area contributed by atoms with Crippen LogP contribution in [0.15, 0.2) is 0 Å². The van der Waals surface area contributed by atoms with Gasteiger partial charge in [0, 0.05) is 6.61 Å². The Balaban J connectivity index is 2.41. The molecule has 0 aliphatic heterocycles. The van der Waals surface area contributed by atoms with Crippen molar-refractivity contribution in [1.82, 2.24) is 0 Å². The van der Waals surface area contributed by atoms with Crippen LogP contribution in [-0.2, 0) is 4.74 Å². The van der Waals surface area contributed by atoms with E-state index in [9.17, 15) is 0 Å². The largest absolute Gasteiger partial charge is 0.363 e. The van der Waals surface area contributed by atoms with E-state index in [1.807, 2.05) is 6.92 Å². The van der Waals surface area contributed by atoms with E-state index in [1.165, 1.54) is 38.5 Å². The fraction of sp³-hybridized carbons (Fsp3) is 0.909. The molecule has 0 N–H and O–H groups in total. The molecule has 1 saturated carbocycles. The summed E-state index contributed by atoms with van der Waals surface area (Å²) in [6.07, 6.45) is 7.42. The maximum absolute atomic E-state index is 8.93. The third-order valence-corrected chi connectivity index (χ3v) is 2.80. The highest BCUT2D eigenvalue weighted by atomic mass is 16.5. The summed E-state index contributed by atoms with van der Waals surface area (Å²) in [6.45, 7) is 2.62. The first-order valence-corrected chi connectivity index (χ1v) is 5.39. The lowest BCUT2D eigenvalue weighted by atomic mass is 9.95. The zero-order valence-electron chi connectivity index (χ0n) is 8.46. The zero-order chi connectivity index (χ0) is 9.52. The van der Waals surface area contributed by atoms with Crippen LogP contribution in [0.25, 0.3) is 0 Å². The van der Waals surface area contributed by atoms with Gasteiger partial charge in [-0.2, -0.15) is 5.26 Å². The molecule has 0 bridgehead atoms. The van der Waals surface area contributed by atoms with Crippen molar-refractivity contribution in [3.8, 4) is 6.07 Å². The number of nitrogens with zero attached hydrogens (tertiary/aromatic N) is 1. The molecule has 1 rings (SSSR count). The lowest BCUT2D eigenvalue weighted by molar-refractivity contribution is 0.0531. The maximum Gasteiger partial charge on any atom is 0.146 e. The number of hydrogen-bond donors (Lipinski definition) is 0. The van der Waals surface area contributed by atoms with Crippen molar-refractivity contribution in [2.24, 2.45) is 5.92 Å². The van der Waals surface area contributed by atoms with Crippen LogP contribution in [0, 0.1) is 17.2 Å². The van der Waals surface area contributed by atoms with Crippen molar-refractivity contribution >= 4 is 0 Å². The van der Waals surface area contributed by atoms with Gasteiger partial charge in [0.05, 0.1) is 6.07 Å². The van der Waals surface area contributed by atoms with Gasteiger partial charge in [0.2, 0.25) is 0 Å². The fourth-order valence-corrected chi connectivity index (χ4v) is 2.07. The van der Waals surface area contributed by atoms with Gasteiger partial charge in [-0.05, 0) is 25.7 Å². The van der Waals surface area contributed by atoms with E-state index in [0.717, 1.165) is 0 Å². The van der Waals surface area contributed by atoms with Crippen molar-refractivity contribution in [3.05, 3.63) is 0 Å². The molecular formula is C11H19NO. The van der Waals surface area contributed by atoms with Gasteiger partial charge in [-0.1, -0.05) is 25.7 Å². The van der Waals surface area contributed by atoms with E-state index >= 15 is 0 Å². The molecule has 1 atom stereocenters. The molecule has 1 unspecified atom stereocenters. The van der Waals surface area contributed by atoms with Gasteiger partial charge in [0.25, 0.3) is 0 Å². The van der Waals surface area contributed by atoms with Gasteiger partial charge in [0.1, 0.15) is 6.10 Å². The summed E-state index contributed by atoms with van der Waals surface area (Å²) in [5, 5.41) is 8.93. The number of rotatable bonds is 3.